The fraction of sp³-hybridized carbons (Fsp3) is 0.0526. The predicted molar refractivity (Wildman–Crippen MR) is 182 cm³/mol. The van der Waals surface area contributed by atoms with Crippen LogP contribution in [0.2, 0.25) is 0 Å². The van der Waals surface area contributed by atoms with Crippen molar-refractivity contribution in [2.75, 3.05) is 0 Å². The zero-order chi connectivity index (χ0) is 28.3. The van der Waals surface area contributed by atoms with Gasteiger partial charge in [-0.25, -0.2) is 4.44 Å². The van der Waals surface area contributed by atoms with Gasteiger partial charge in [0.1, 0.15) is 0 Å². The highest BCUT2D eigenvalue weighted by molar-refractivity contribution is 7.84. The average molecular weight is 568 g/mol. The molecule has 0 heterocycles. The molecule has 0 saturated carbocycles. The summed E-state index contributed by atoms with van der Waals surface area (Å²) in [6, 6.07) is 55.0. The molecule has 41 heavy (non-hydrogen) atoms. The molecule has 0 aliphatic rings. The predicted octanol–water partition coefficient (Wildman–Crippen LogP) is 8.29. The van der Waals surface area contributed by atoms with E-state index in [2.05, 4.69) is 175 Å². The lowest BCUT2D eigenvalue weighted by Gasteiger charge is -2.44. The van der Waals surface area contributed by atoms with Crippen LogP contribution < -0.4 is 21.2 Å². The molecule has 3 heteroatoms. The van der Waals surface area contributed by atoms with E-state index in [4.69, 9.17) is 0 Å². The van der Waals surface area contributed by atoms with Crippen molar-refractivity contribution in [3.63, 3.8) is 0 Å². The number of hydrogen-bond donors (Lipinski definition) is 0. The molecule has 0 spiro atoms. The molecule has 5 aromatic carbocycles. The molecule has 0 fully saturated rings. The molecule has 0 amide bonds. The summed E-state index contributed by atoms with van der Waals surface area (Å²) in [7, 11) is -1.89. The van der Waals surface area contributed by atoms with Gasteiger partial charge in [0.05, 0.1) is 0 Å². The summed E-state index contributed by atoms with van der Waals surface area (Å²) in [4.78, 5) is 0. The lowest BCUT2D eigenvalue weighted by atomic mass is 9.99. The maximum absolute atomic E-state index is 4.31. The lowest BCUT2D eigenvalue weighted by Crippen LogP contribution is -2.40. The minimum Gasteiger partial charge on any atom is -0.237 e. The minimum absolute atomic E-state index is 0.0472. The van der Waals surface area contributed by atoms with E-state index in [0.717, 1.165) is 6.42 Å². The van der Waals surface area contributed by atoms with Crippen molar-refractivity contribution in [3.05, 3.63) is 194 Å². The fourth-order valence-corrected chi connectivity index (χ4v) is 11.3. The Morgan fingerprint density at radius 1 is 0.537 bits per heavy atom. The first-order valence-corrected chi connectivity index (χ1v) is 16.5. The van der Waals surface area contributed by atoms with Crippen molar-refractivity contribution in [1.29, 1.82) is 0 Å². The minimum atomic E-state index is -0.946. The molecule has 0 saturated heterocycles. The molecule has 5 rings (SSSR count). The van der Waals surface area contributed by atoms with Gasteiger partial charge >= 0.3 is 0 Å². The van der Waals surface area contributed by atoms with Gasteiger partial charge in [-0.1, -0.05) is 183 Å². The van der Waals surface area contributed by atoms with Crippen LogP contribution in [0.15, 0.2) is 189 Å². The Morgan fingerprint density at radius 3 is 1.20 bits per heavy atom. The number of rotatable bonds is 12. The van der Waals surface area contributed by atoms with Crippen LogP contribution in [0.1, 0.15) is 5.56 Å². The first-order chi connectivity index (χ1) is 20.3. The van der Waals surface area contributed by atoms with Crippen LogP contribution in [0.25, 0.3) is 0 Å². The van der Waals surface area contributed by atoms with E-state index in [1.807, 2.05) is 12.2 Å². The summed E-state index contributed by atoms with van der Waals surface area (Å²) >= 11 is 0. The van der Waals surface area contributed by atoms with E-state index in [0.29, 0.717) is 0 Å². The van der Waals surface area contributed by atoms with Crippen molar-refractivity contribution >= 4 is 37.4 Å². The van der Waals surface area contributed by atoms with Crippen molar-refractivity contribution in [3.8, 4) is 0 Å². The van der Waals surface area contributed by atoms with Gasteiger partial charge in [0.2, 0.25) is 0 Å². The second kappa shape index (κ2) is 14.7. The highest BCUT2D eigenvalue weighted by Gasteiger charge is 2.37. The smallest absolute Gasteiger partial charge is 0.0476 e. The van der Waals surface area contributed by atoms with Gasteiger partial charge in [-0.15, -0.1) is 0 Å². The van der Waals surface area contributed by atoms with Gasteiger partial charge in [-0.3, -0.25) is 0 Å². The molecule has 0 aliphatic carbocycles. The number of hydrogen-bond acceptors (Lipinski definition) is 1. The van der Waals surface area contributed by atoms with Gasteiger partial charge < -0.3 is 0 Å². The van der Waals surface area contributed by atoms with Crippen molar-refractivity contribution in [1.82, 2.24) is 4.44 Å². The Balaban J connectivity index is 1.84. The zero-order valence-corrected chi connectivity index (χ0v) is 25.0. The van der Waals surface area contributed by atoms with Gasteiger partial charge in [0.15, 0.2) is 0 Å². The van der Waals surface area contributed by atoms with E-state index in [9.17, 15) is 0 Å². The third-order valence-electron chi connectivity index (χ3n) is 6.89. The molecule has 0 aromatic heterocycles. The Labute approximate surface area is 247 Å². The Bertz CT molecular complexity index is 1370. The molecule has 0 N–H and O–H groups in total. The Kier molecular flexibility index (Phi) is 10.3. The molecule has 5 aromatic rings. The summed E-state index contributed by atoms with van der Waals surface area (Å²) in [5.41, 5.74) is 2.47. The standard InChI is InChI=1S/C38H35NP2/c1-3-20-33(4-2)38(31-32-21-10-5-11-22-32)39(40(34-23-12-6-13-24-34)35-25-14-7-15-26-35)41(36-27-16-8-17-28-36)37-29-18-9-19-30-37/h3-30,38H,1-2,31H2/b33-20+. The van der Waals surface area contributed by atoms with E-state index < -0.39 is 16.1 Å². The van der Waals surface area contributed by atoms with E-state index >= 15 is 0 Å². The van der Waals surface area contributed by atoms with E-state index in [1.165, 1.54) is 32.4 Å². The van der Waals surface area contributed by atoms with Gasteiger partial charge in [-0.05, 0) is 38.8 Å². The van der Waals surface area contributed by atoms with Crippen LogP contribution in [0.4, 0.5) is 0 Å². The van der Waals surface area contributed by atoms with Crippen LogP contribution in [0.5, 0.6) is 0 Å². The van der Waals surface area contributed by atoms with Crippen LogP contribution in [-0.2, 0) is 6.42 Å². The van der Waals surface area contributed by atoms with Gasteiger partial charge in [0, 0.05) is 22.2 Å². The molecule has 0 bridgehead atoms. The zero-order valence-electron chi connectivity index (χ0n) is 23.2. The summed E-state index contributed by atoms with van der Waals surface area (Å²) in [5.74, 6) is 0. The number of allylic oxidation sites excluding steroid dienone is 2. The largest absolute Gasteiger partial charge is 0.237 e. The lowest BCUT2D eigenvalue weighted by molar-refractivity contribution is 0.566. The van der Waals surface area contributed by atoms with E-state index in [1.54, 1.807) is 0 Å². The van der Waals surface area contributed by atoms with Crippen LogP contribution in [-0.4, -0.2) is 10.5 Å². The Morgan fingerprint density at radius 2 is 0.878 bits per heavy atom. The molecule has 1 unspecified atom stereocenters. The van der Waals surface area contributed by atoms with Gasteiger partial charge in [-0.2, -0.15) is 0 Å². The highest BCUT2D eigenvalue weighted by atomic mass is 31.2. The summed E-state index contributed by atoms with van der Waals surface area (Å²) in [5, 5.41) is 5.31. The molecule has 0 radical (unpaired) electrons. The maximum Gasteiger partial charge on any atom is 0.0476 e. The van der Waals surface area contributed by atoms with Crippen molar-refractivity contribution in [2.45, 2.75) is 12.5 Å². The maximum atomic E-state index is 4.31. The summed E-state index contributed by atoms with van der Waals surface area (Å²) < 4.78 is 2.82. The Hall–Kier alpha value is -3.86. The first-order valence-electron chi connectivity index (χ1n) is 13.9. The van der Waals surface area contributed by atoms with Crippen LogP contribution in [0.3, 0.4) is 0 Å². The van der Waals surface area contributed by atoms with Crippen LogP contribution in [0, 0.1) is 0 Å². The first kappa shape index (κ1) is 28.7. The van der Waals surface area contributed by atoms with E-state index in [-0.39, 0.29) is 6.04 Å². The molecule has 1 nitrogen and oxygen atoms in total. The normalized spacial score (nSPS) is 12.4. The third kappa shape index (κ3) is 7.08. The fourth-order valence-electron chi connectivity index (χ4n) is 5.04. The average Bonchev–Trinajstić information content (AvgIpc) is 3.05. The van der Waals surface area contributed by atoms with Crippen LogP contribution >= 0.6 is 16.1 Å². The molecule has 0 aliphatic heterocycles. The number of benzene rings is 5. The third-order valence-corrected chi connectivity index (χ3v) is 12.5. The quantitative estimate of drug-likeness (QED) is 0.108. The molecular formula is C38H35NP2. The molecule has 1 atom stereocenters. The second-order valence-electron chi connectivity index (χ2n) is 9.60. The summed E-state index contributed by atoms with van der Waals surface area (Å²) in [6.45, 7) is 8.39. The molecular weight excluding hydrogens is 532 g/mol. The van der Waals surface area contributed by atoms with Crippen molar-refractivity contribution < 1.29 is 0 Å². The SMILES string of the molecule is C=C/C=C(\C=C)C(Cc1ccccc1)N(P(c1ccccc1)c1ccccc1)P(c1ccccc1)c1ccccc1. The molecule has 202 valence electrons. The van der Waals surface area contributed by atoms with Crippen molar-refractivity contribution in [2.24, 2.45) is 0 Å². The topological polar surface area (TPSA) is 3.24 Å². The summed E-state index contributed by atoms with van der Waals surface area (Å²) in [6.07, 6.45) is 6.91. The number of nitrogens with zero attached hydrogens (tertiary/aromatic N) is 1. The van der Waals surface area contributed by atoms with Gasteiger partial charge in [0.25, 0.3) is 0 Å². The second-order valence-corrected chi connectivity index (χ2v) is 14.1. The monoisotopic (exact) mass is 567 g/mol. The highest BCUT2D eigenvalue weighted by Crippen LogP contribution is 2.57.